The van der Waals surface area contributed by atoms with Crippen molar-refractivity contribution in [2.75, 3.05) is 25.5 Å². The molecule has 2 amide bonds. The summed E-state index contributed by atoms with van der Waals surface area (Å²) in [7, 11) is 1.74. The average Bonchev–Trinajstić information content (AvgIpc) is 2.66. The van der Waals surface area contributed by atoms with Crippen LogP contribution in [0.3, 0.4) is 0 Å². The third-order valence-electron chi connectivity index (χ3n) is 4.11. The number of nitrogens with zero attached hydrogens (tertiary/aromatic N) is 1. The maximum absolute atomic E-state index is 12.5. The molecule has 0 fully saturated rings. The summed E-state index contributed by atoms with van der Waals surface area (Å²) < 4.78 is 29.1. The molecule has 0 radical (unpaired) electrons. The molecule has 0 bridgehead atoms. The Hall–Kier alpha value is -3.00. The monoisotopic (exact) mass is 419 g/mol. The predicted molar refractivity (Wildman–Crippen MR) is 112 cm³/mol. The second kappa shape index (κ2) is 11.3. The van der Waals surface area contributed by atoms with Crippen LogP contribution in [0.15, 0.2) is 48.5 Å². The maximum Gasteiger partial charge on any atom is 0.387 e. The lowest BCUT2D eigenvalue weighted by atomic mass is 10.1. The largest absolute Gasteiger partial charge is 0.435 e. The van der Waals surface area contributed by atoms with E-state index in [0.717, 1.165) is 5.56 Å². The van der Waals surface area contributed by atoms with E-state index in [4.69, 9.17) is 0 Å². The smallest absolute Gasteiger partial charge is 0.387 e. The molecule has 8 heteroatoms. The number of nitrogens with one attached hydrogen (secondary N) is 2. The van der Waals surface area contributed by atoms with Crippen LogP contribution in [0, 0.1) is 5.92 Å². The van der Waals surface area contributed by atoms with Crippen LogP contribution in [0.25, 0.3) is 0 Å². The first-order chi connectivity index (χ1) is 14.2. The molecule has 0 aliphatic rings. The number of benzene rings is 2. The van der Waals surface area contributed by atoms with E-state index in [2.05, 4.69) is 15.4 Å². The highest BCUT2D eigenvalue weighted by atomic mass is 19.3. The minimum Gasteiger partial charge on any atom is -0.435 e. The molecule has 2 aromatic carbocycles. The van der Waals surface area contributed by atoms with Crippen LogP contribution in [0.1, 0.15) is 29.8 Å². The lowest BCUT2D eigenvalue weighted by Gasteiger charge is -2.18. The Bertz CT molecular complexity index is 859. The molecule has 0 aliphatic heterocycles. The zero-order valence-corrected chi connectivity index (χ0v) is 17.3. The van der Waals surface area contributed by atoms with E-state index in [9.17, 15) is 18.4 Å². The molecule has 0 saturated carbocycles. The van der Waals surface area contributed by atoms with Crippen molar-refractivity contribution in [2.45, 2.75) is 27.0 Å². The van der Waals surface area contributed by atoms with Crippen LogP contribution in [-0.4, -0.2) is 43.5 Å². The molecule has 0 aromatic heterocycles. The van der Waals surface area contributed by atoms with Crippen LogP contribution in [-0.2, 0) is 11.3 Å². The van der Waals surface area contributed by atoms with Crippen molar-refractivity contribution in [1.82, 2.24) is 10.2 Å². The zero-order valence-electron chi connectivity index (χ0n) is 17.3. The fraction of sp³-hybridized carbons (Fsp3) is 0.364. The number of ether oxygens (including phenoxy) is 1. The van der Waals surface area contributed by atoms with Gasteiger partial charge < -0.3 is 15.4 Å². The molecule has 0 aliphatic carbocycles. The molecule has 162 valence electrons. The zero-order chi connectivity index (χ0) is 22.1. The number of carbonyl (C=O) groups excluding carboxylic acids is 2. The number of para-hydroxylation sites is 1. The maximum atomic E-state index is 12.5. The summed E-state index contributed by atoms with van der Waals surface area (Å²) in [5.41, 5.74) is 1.56. The Morgan fingerprint density at radius 2 is 1.83 bits per heavy atom. The molecular formula is C22H27F2N3O3. The molecule has 2 rings (SSSR count). The SMILES string of the molecule is CC(C)CNC(=O)c1ccccc1NC(=O)CN(C)Cc1cccc(OC(F)F)c1. The summed E-state index contributed by atoms with van der Waals surface area (Å²) in [4.78, 5) is 26.6. The van der Waals surface area contributed by atoms with Crippen LogP contribution >= 0.6 is 0 Å². The third-order valence-corrected chi connectivity index (χ3v) is 4.11. The van der Waals surface area contributed by atoms with E-state index in [0.29, 0.717) is 30.3 Å². The number of likely N-dealkylation sites (N-methyl/N-ethyl adjacent to an activating group) is 1. The van der Waals surface area contributed by atoms with Gasteiger partial charge in [0, 0.05) is 13.1 Å². The quantitative estimate of drug-likeness (QED) is 0.616. The second-order valence-corrected chi connectivity index (χ2v) is 7.40. The number of hydrogen-bond acceptors (Lipinski definition) is 4. The molecule has 2 aromatic rings. The Morgan fingerprint density at radius 1 is 1.10 bits per heavy atom. The third kappa shape index (κ3) is 7.79. The van der Waals surface area contributed by atoms with Crippen molar-refractivity contribution in [1.29, 1.82) is 0 Å². The Morgan fingerprint density at radius 3 is 2.53 bits per heavy atom. The van der Waals surface area contributed by atoms with Gasteiger partial charge in [-0.25, -0.2) is 0 Å². The standard InChI is InChI=1S/C22H27F2N3O3/c1-15(2)12-25-21(29)18-9-4-5-10-19(18)26-20(28)14-27(3)13-16-7-6-8-17(11-16)30-22(23)24/h4-11,15,22H,12-14H2,1-3H3,(H,25,29)(H,26,28). The molecule has 0 heterocycles. The molecule has 30 heavy (non-hydrogen) atoms. The molecule has 0 atom stereocenters. The van der Waals surface area contributed by atoms with Gasteiger partial charge in [-0.3, -0.25) is 14.5 Å². The van der Waals surface area contributed by atoms with Gasteiger partial charge in [-0.1, -0.05) is 38.1 Å². The van der Waals surface area contributed by atoms with Crippen molar-refractivity contribution in [3.63, 3.8) is 0 Å². The predicted octanol–water partition coefficient (Wildman–Crippen LogP) is 3.74. The molecule has 0 spiro atoms. The normalized spacial score (nSPS) is 11.1. The molecule has 2 N–H and O–H groups in total. The Kier molecular flexibility index (Phi) is 8.73. The highest BCUT2D eigenvalue weighted by Gasteiger charge is 2.15. The lowest BCUT2D eigenvalue weighted by molar-refractivity contribution is -0.117. The fourth-order valence-electron chi connectivity index (χ4n) is 2.80. The first-order valence-electron chi connectivity index (χ1n) is 9.64. The summed E-state index contributed by atoms with van der Waals surface area (Å²) >= 11 is 0. The van der Waals surface area contributed by atoms with Crippen molar-refractivity contribution in [2.24, 2.45) is 5.92 Å². The minimum absolute atomic E-state index is 0.0574. The summed E-state index contributed by atoms with van der Waals surface area (Å²) in [6.07, 6.45) is 0. The number of anilines is 1. The van der Waals surface area contributed by atoms with E-state index in [1.807, 2.05) is 13.8 Å². The molecule has 0 saturated heterocycles. The molecular weight excluding hydrogens is 392 g/mol. The van der Waals surface area contributed by atoms with Crippen LogP contribution in [0.5, 0.6) is 5.75 Å². The van der Waals surface area contributed by atoms with E-state index in [1.54, 1.807) is 48.3 Å². The number of amides is 2. The number of halogens is 2. The Labute approximate surface area is 175 Å². The van der Waals surface area contributed by atoms with E-state index < -0.39 is 6.61 Å². The average molecular weight is 419 g/mol. The van der Waals surface area contributed by atoms with Gasteiger partial charge in [0.15, 0.2) is 0 Å². The first kappa shape index (κ1) is 23.3. The van der Waals surface area contributed by atoms with Gasteiger partial charge in [0.25, 0.3) is 5.91 Å². The van der Waals surface area contributed by atoms with Gasteiger partial charge in [-0.05, 0) is 42.8 Å². The first-order valence-corrected chi connectivity index (χ1v) is 9.64. The van der Waals surface area contributed by atoms with Crippen molar-refractivity contribution in [3.8, 4) is 5.75 Å². The summed E-state index contributed by atoms with van der Waals surface area (Å²) in [5, 5.41) is 5.61. The Balaban J connectivity index is 1.95. The van der Waals surface area contributed by atoms with Crippen LogP contribution in [0.2, 0.25) is 0 Å². The highest BCUT2D eigenvalue weighted by molar-refractivity contribution is 6.04. The van der Waals surface area contributed by atoms with Gasteiger partial charge in [0.05, 0.1) is 17.8 Å². The topological polar surface area (TPSA) is 70.7 Å². The lowest BCUT2D eigenvalue weighted by Crippen LogP contribution is -2.31. The number of carbonyl (C=O) groups is 2. The fourth-order valence-corrected chi connectivity index (χ4v) is 2.80. The molecule has 0 unspecified atom stereocenters. The summed E-state index contributed by atoms with van der Waals surface area (Å²) in [6, 6.07) is 13.1. The number of rotatable bonds is 10. The van der Waals surface area contributed by atoms with Crippen molar-refractivity contribution in [3.05, 3.63) is 59.7 Å². The second-order valence-electron chi connectivity index (χ2n) is 7.40. The van der Waals surface area contributed by atoms with Crippen LogP contribution in [0.4, 0.5) is 14.5 Å². The summed E-state index contributed by atoms with van der Waals surface area (Å²) in [5.74, 6) is -0.152. The van der Waals surface area contributed by atoms with E-state index >= 15 is 0 Å². The van der Waals surface area contributed by atoms with Gasteiger partial charge >= 0.3 is 6.61 Å². The van der Waals surface area contributed by atoms with E-state index in [-0.39, 0.29) is 24.1 Å². The number of hydrogen-bond donors (Lipinski definition) is 2. The van der Waals surface area contributed by atoms with Gasteiger partial charge in [0.2, 0.25) is 5.91 Å². The summed E-state index contributed by atoms with van der Waals surface area (Å²) in [6.45, 7) is 2.07. The van der Waals surface area contributed by atoms with Gasteiger partial charge in [-0.15, -0.1) is 0 Å². The van der Waals surface area contributed by atoms with Crippen molar-refractivity contribution >= 4 is 17.5 Å². The van der Waals surface area contributed by atoms with E-state index in [1.165, 1.54) is 12.1 Å². The van der Waals surface area contributed by atoms with Gasteiger partial charge in [-0.2, -0.15) is 8.78 Å². The van der Waals surface area contributed by atoms with Gasteiger partial charge in [0.1, 0.15) is 5.75 Å². The minimum atomic E-state index is -2.89. The highest BCUT2D eigenvalue weighted by Crippen LogP contribution is 2.18. The number of alkyl halides is 2. The molecule has 6 nitrogen and oxygen atoms in total. The van der Waals surface area contributed by atoms with Crippen LogP contribution < -0.4 is 15.4 Å². The van der Waals surface area contributed by atoms with Crippen molar-refractivity contribution < 1.29 is 23.1 Å².